The molecule has 1 aliphatic carbocycles. The van der Waals surface area contributed by atoms with E-state index in [1.165, 1.54) is 5.57 Å². The van der Waals surface area contributed by atoms with Crippen molar-refractivity contribution >= 4 is 5.91 Å². The van der Waals surface area contributed by atoms with Crippen LogP contribution in [0.2, 0.25) is 0 Å². The topological polar surface area (TPSA) is 42.0 Å². The monoisotopic (exact) mass is 272 g/mol. The number of carbonyl (C=O) groups is 1. The number of pyridine rings is 1. The Bertz CT molecular complexity index is 501. The van der Waals surface area contributed by atoms with Crippen LogP contribution in [0.15, 0.2) is 36.0 Å². The first kappa shape index (κ1) is 14.8. The van der Waals surface area contributed by atoms with Crippen LogP contribution >= 0.6 is 0 Å². The van der Waals surface area contributed by atoms with Crippen LogP contribution in [0, 0.1) is 17.3 Å². The van der Waals surface area contributed by atoms with E-state index in [1.54, 1.807) is 6.20 Å². The maximum Gasteiger partial charge on any atom is 0.224 e. The summed E-state index contributed by atoms with van der Waals surface area (Å²) in [6.45, 7) is 9.17. The van der Waals surface area contributed by atoms with Crippen molar-refractivity contribution in [2.75, 3.05) is 6.54 Å². The molecule has 0 bridgehead atoms. The lowest BCUT2D eigenvalue weighted by molar-refractivity contribution is -0.123. The standard InChI is InChI=1S/C17H24N2O/c1-12(2)11-14-15(17(14,3)4)16(20)19-10-8-13-7-5-6-9-18-13/h5-7,9,11,14-15H,8,10H2,1-4H3,(H,19,20)/t14-,15-/m1/s1. The largest absolute Gasteiger partial charge is 0.355 e. The van der Waals surface area contributed by atoms with Crippen molar-refractivity contribution in [1.82, 2.24) is 10.3 Å². The molecule has 1 amide bonds. The van der Waals surface area contributed by atoms with Gasteiger partial charge in [0.15, 0.2) is 0 Å². The average molecular weight is 272 g/mol. The van der Waals surface area contributed by atoms with Gasteiger partial charge in [0, 0.05) is 24.9 Å². The summed E-state index contributed by atoms with van der Waals surface area (Å²) in [7, 11) is 0. The van der Waals surface area contributed by atoms with Crippen LogP contribution in [0.5, 0.6) is 0 Å². The fourth-order valence-corrected chi connectivity index (χ4v) is 2.82. The van der Waals surface area contributed by atoms with Gasteiger partial charge < -0.3 is 5.32 Å². The lowest BCUT2D eigenvalue weighted by Crippen LogP contribution is -2.29. The number of nitrogens with zero attached hydrogens (tertiary/aromatic N) is 1. The minimum atomic E-state index is 0.0896. The van der Waals surface area contributed by atoms with E-state index in [9.17, 15) is 4.79 Å². The highest BCUT2D eigenvalue weighted by Gasteiger charge is 2.60. The molecule has 20 heavy (non-hydrogen) atoms. The molecule has 3 nitrogen and oxygen atoms in total. The molecule has 0 aliphatic heterocycles. The van der Waals surface area contributed by atoms with Crippen LogP contribution in [0.4, 0.5) is 0 Å². The number of nitrogens with one attached hydrogen (secondary N) is 1. The molecule has 1 aromatic heterocycles. The summed E-state index contributed by atoms with van der Waals surface area (Å²) in [5.41, 5.74) is 2.39. The highest BCUT2D eigenvalue weighted by molar-refractivity contribution is 5.83. The fourth-order valence-electron chi connectivity index (χ4n) is 2.82. The Kier molecular flexibility index (Phi) is 4.26. The zero-order valence-corrected chi connectivity index (χ0v) is 12.8. The first-order valence-electron chi connectivity index (χ1n) is 7.25. The Morgan fingerprint density at radius 3 is 2.75 bits per heavy atom. The molecule has 0 unspecified atom stereocenters. The predicted octanol–water partition coefficient (Wildman–Crippen LogP) is 2.98. The van der Waals surface area contributed by atoms with Crippen molar-refractivity contribution in [2.24, 2.45) is 17.3 Å². The van der Waals surface area contributed by atoms with Crippen molar-refractivity contribution in [3.8, 4) is 0 Å². The molecule has 2 atom stereocenters. The third-order valence-corrected chi connectivity index (χ3v) is 4.11. The first-order chi connectivity index (χ1) is 9.43. The smallest absolute Gasteiger partial charge is 0.224 e. The van der Waals surface area contributed by atoms with Crippen LogP contribution in [-0.4, -0.2) is 17.4 Å². The number of amides is 1. The second kappa shape index (κ2) is 5.78. The Labute approximate surface area is 121 Å². The van der Waals surface area contributed by atoms with E-state index in [0.29, 0.717) is 12.5 Å². The molecule has 1 aliphatic rings. The van der Waals surface area contributed by atoms with E-state index in [1.807, 2.05) is 18.2 Å². The summed E-state index contributed by atoms with van der Waals surface area (Å²) >= 11 is 0. The van der Waals surface area contributed by atoms with Crippen molar-refractivity contribution in [1.29, 1.82) is 0 Å². The molecule has 0 spiro atoms. The number of rotatable bonds is 5. The SMILES string of the molecule is CC(C)=C[C@@H]1[C@H](C(=O)NCCc2ccccn2)C1(C)C. The van der Waals surface area contributed by atoms with E-state index >= 15 is 0 Å². The summed E-state index contributed by atoms with van der Waals surface area (Å²) in [6, 6.07) is 5.86. The highest BCUT2D eigenvalue weighted by atomic mass is 16.2. The van der Waals surface area contributed by atoms with Gasteiger partial charge in [0.25, 0.3) is 0 Å². The first-order valence-corrected chi connectivity index (χ1v) is 7.25. The third kappa shape index (κ3) is 3.27. The molecule has 0 saturated heterocycles. The molecule has 0 aromatic carbocycles. The Morgan fingerprint density at radius 1 is 1.40 bits per heavy atom. The zero-order valence-electron chi connectivity index (χ0n) is 12.8. The molecular weight excluding hydrogens is 248 g/mol. The Morgan fingerprint density at radius 2 is 2.15 bits per heavy atom. The molecule has 2 rings (SSSR count). The zero-order chi connectivity index (χ0) is 14.8. The number of allylic oxidation sites excluding steroid dienone is 2. The van der Waals surface area contributed by atoms with Gasteiger partial charge in [-0.2, -0.15) is 0 Å². The van der Waals surface area contributed by atoms with Crippen LogP contribution in [0.25, 0.3) is 0 Å². The maximum absolute atomic E-state index is 12.2. The van der Waals surface area contributed by atoms with Crippen molar-refractivity contribution in [2.45, 2.75) is 34.1 Å². The minimum Gasteiger partial charge on any atom is -0.355 e. The summed E-state index contributed by atoms with van der Waals surface area (Å²) in [5, 5.41) is 3.04. The molecule has 1 fully saturated rings. The molecular formula is C17H24N2O. The summed E-state index contributed by atoms with van der Waals surface area (Å²) < 4.78 is 0. The van der Waals surface area contributed by atoms with Gasteiger partial charge in [0.2, 0.25) is 5.91 Å². The van der Waals surface area contributed by atoms with E-state index in [2.05, 4.69) is 44.1 Å². The molecule has 1 heterocycles. The average Bonchev–Trinajstić information content (AvgIpc) is 2.91. The van der Waals surface area contributed by atoms with E-state index in [4.69, 9.17) is 0 Å². The van der Waals surface area contributed by atoms with E-state index in [-0.39, 0.29) is 17.2 Å². The van der Waals surface area contributed by atoms with Crippen LogP contribution in [0.1, 0.15) is 33.4 Å². The fraction of sp³-hybridized carbons (Fsp3) is 0.529. The van der Waals surface area contributed by atoms with Gasteiger partial charge >= 0.3 is 0 Å². The molecule has 1 N–H and O–H groups in total. The number of aromatic nitrogens is 1. The third-order valence-electron chi connectivity index (χ3n) is 4.11. The molecule has 0 radical (unpaired) electrons. The lowest BCUT2D eigenvalue weighted by Gasteiger charge is -2.05. The van der Waals surface area contributed by atoms with Gasteiger partial charge in [-0.1, -0.05) is 31.6 Å². The number of hydrogen-bond donors (Lipinski definition) is 1. The van der Waals surface area contributed by atoms with Crippen molar-refractivity contribution in [3.63, 3.8) is 0 Å². The highest BCUT2D eigenvalue weighted by Crippen LogP contribution is 2.59. The van der Waals surface area contributed by atoms with Gasteiger partial charge in [0.1, 0.15) is 0 Å². The van der Waals surface area contributed by atoms with Gasteiger partial charge in [-0.05, 0) is 37.3 Å². The van der Waals surface area contributed by atoms with Crippen LogP contribution in [-0.2, 0) is 11.2 Å². The van der Waals surface area contributed by atoms with Crippen molar-refractivity contribution in [3.05, 3.63) is 41.7 Å². The normalized spacial score (nSPS) is 23.0. The summed E-state index contributed by atoms with van der Waals surface area (Å²) in [4.78, 5) is 16.5. The van der Waals surface area contributed by atoms with Crippen LogP contribution < -0.4 is 5.32 Å². The second-order valence-electron chi connectivity index (χ2n) is 6.43. The van der Waals surface area contributed by atoms with Gasteiger partial charge in [0.05, 0.1) is 5.92 Å². The minimum absolute atomic E-state index is 0.0896. The van der Waals surface area contributed by atoms with E-state index < -0.39 is 0 Å². The van der Waals surface area contributed by atoms with Crippen molar-refractivity contribution < 1.29 is 4.79 Å². The quantitative estimate of drug-likeness (QED) is 0.837. The Balaban J connectivity index is 1.83. The molecule has 1 aromatic rings. The number of carbonyl (C=O) groups excluding carboxylic acids is 1. The van der Waals surface area contributed by atoms with Gasteiger partial charge in [-0.25, -0.2) is 0 Å². The summed E-state index contributed by atoms with van der Waals surface area (Å²) in [6.07, 6.45) is 4.79. The molecule has 108 valence electrons. The second-order valence-corrected chi connectivity index (χ2v) is 6.43. The Hall–Kier alpha value is -1.64. The van der Waals surface area contributed by atoms with Crippen LogP contribution in [0.3, 0.4) is 0 Å². The van der Waals surface area contributed by atoms with E-state index in [0.717, 1.165) is 12.1 Å². The maximum atomic E-state index is 12.2. The van der Waals surface area contributed by atoms with Gasteiger partial charge in [-0.15, -0.1) is 0 Å². The number of hydrogen-bond acceptors (Lipinski definition) is 2. The van der Waals surface area contributed by atoms with Gasteiger partial charge in [-0.3, -0.25) is 9.78 Å². The predicted molar refractivity (Wildman–Crippen MR) is 81.1 cm³/mol. The molecule has 1 saturated carbocycles. The lowest BCUT2D eigenvalue weighted by atomic mass is 10.1. The summed E-state index contributed by atoms with van der Waals surface area (Å²) in [5.74, 6) is 0.664. The molecule has 3 heteroatoms.